The van der Waals surface area contributed by atoms with Gasteiger partial charge >= 0.3 is 0 Å². The number of carbonyl (C=O) groups is 1. The minimum Gasteiger partial charge on any atom is -0.381 e. The van der Waals surface area contributed by atoms with E-state index in [0.29, 0.717) is 18.9 Å². The van der Waals surface area contributed by atoms with Crippen LogP contribution in [0.3, 0.4) is 0 Å². The van der Waals surface area contributed by atoms with Crippen LogP contribution >= 0.6 is 0 Å². The predicted molar refractivity (Wildman–Crippen MR) is 114 cm³/mol. The standard InChI is InChI=1S/C23H47NO2/c1-4-7-10-13-15-19-24(20-16-14-11-8-5-2)23(25)18-22-26-21-17-12-9-6-3/h4-22H2,1-3H3. The lowest BCUT2D eigenvalue weighted by atomic mass is 10.1. The quantitative estimate of drug-likeness (QED) is 0.222. The fourth-order valence-electron chi connectivity index (χ4n) is 3.22. The first-order chi connectivity index (χ1) is 12.8. The number of hydrogen-bond acceptors (Lipinski definition) is 2. The second-order valence-corrected chi connectivity index (χ2v) is 7.63. The molecular weight excluding hydrogens is 322 g/mol. The minimum absolute atomic E-state index is 0.296. The molecule has 0 saturated heterocycles. The Bertz CT molecular complexity index is 280. The topological polar surface area (TPSA) is 29.5 Å². The van der Waals surface area contributed by atoms with Gasteiger partial charge in [0.15, 0.2) is 0 Å². The molecule has 0 aromatic carbocycles. The number of amides is 1. The summed E-state index contributed by atoms with van der Waals surface area (Å²) < 4.78 is 5.67. The van der Waals surface area contributed by atoms with Gasteiger partial charge < -0.3 is 9.64 Å². The molecule has 0 aromatic rings. The highest BCUT2D eigenvalue weighted by Crippen LogP contribution is 2.09. The van der Waals surface area contributed by atoms with Crippen molar-refractivity contribution in [1.82, 2.24) is 4.90 Å². The summed E-state index contributed by atoms with van der Waals surface area (Å²) in [5, 5.41) is 0. The molecule has 3 nitrogen and oxygen atoms in total. The smallest absolute Gasteiger partial charge is 0.224 e. The zero-order chi connectivity index (χ0) is 19.3. The summed E-state index contributed by atoms with van der Waals surface area (Å²) >= 11 is 0. The molecule has 0 aliphatic carbocycles. The van der Waals surface area contributed by atoms with Crippen molar-refractivity contribution in [3.05, 3.63) is 0 Å². The molecule has 0 aromatic heterocycles. The molecule has 0 radical (unpaired) electrons. The lowest BCUT2D eigenvalue weighted by molar-refractivity contribution is -0.132. The van der Waals surface area contributed by atoms with Crippen molar-refractivity contribution < 1.29 is 9.53 Å². The molecule has 0 saturated carbocycles. The summed E-state index contributed by atoms with van der Waals surface area (Å²) in [6.07, 6.45) is 18.0. The molecule has 3 heteroatoms. The molecule has 0 aliphatic heterocycles. The molecule has 0 bridgehead atoms. The van der Waals surface area contributed by atoms with Crippen molar-refractivity contribution in [2.75, 3.05) is 26.3 Å². The Morgan fingerprint density at radius 3 is 1.58 bits per heavy atom. The first-order valence-corrected chi connectivity index (χ1v) is 11.6. The van der Waals surface area contributed by atoms with Crippen molar-refractivity contribution in [1.29, 1.82) is 0 Å². The first-order valence-electron chi connectivity index (χ1n) is 11.6. The monoisotopic (exact) mass is 369 g/mol. The summed E-state index contributed by atoms with van der Waals surface area (Å²) in [6.45, 7) is 9.98. The molecule has 26 heavy (non-hydrogen) atoms. The average Bonchev–Trinajstić information content (AvgIpc) is 2.65. The zero-order valence-electron chi connectivity index (χ0n) is 18.2. The van der Waals surface area contributed by atoms with Crippen LogP contribution in [-0.4, -0.2) is 37.1 Å². The summed E-state index contributed by atoms with van der Waals surface area (Å²) in [7, 11) is 0. The van der Waals surface area contributed by atoms with Gasteiger partial charge in [0.1, 0.15) is 0 Å². The maximum Gasteiger partial charge on any atom is 0.224 e. The second-order valence-electron chi connectivity index (χ2n) is 7.63. The Balaban J connectivity index is 3.98. The van der Waals surface area contributed by atoms with Crippen molar-refractivity contribution in [2.24, 2.45) is 0 Å². The van der Waals surface area contributed by atoms with Gasteiger partial charge in [0.05, 0.1) is 13.0 Å². The van der Waals surface area contributed by atoms with E-state index in [1.165, 1.54) is 70.6 Å². The summed E-state index contributed by atoms with van der Waals surface area (Å²) in [5.74, 6) is 0.296. The lowest BCUT2D eigenvalue weighted by Gasteiger charge is -2.23. The van der Waals surface area contributed by atoms with Gasteiger partial charge in [-0.2, -0.15) is 0 Å². The maximum absolute atomic E-state index is 12.6. The highest BCUT2D eigenvalue weighted by Gasteiger charge is 2.12. The third-order valence-corrected chi connectivity index (χ3v) is 5.02. The Morgan fingerprint density at radius 2 is 1.08 bits per heavy atom. The fraction of sp³-hybridized carbons (Fsp3) is 0.957. The van der Waals surface area contributed by atoms with E-state index in [1.54, 1.807) is 0 Å². The number of rotatable bonds is 20. The third-order valence-electron chi connectivity index (χ3n) is 5.02. The molecule has 0 heterocycles. The lowest BCUT2D eigenvalue weighted by Crippen LogP contribution is -2.33. The van der Waals surface area contributed by atoms with Crippen LogP contribution in [0.5, 0.6) is 0 Å². The molecule has 0 aliphatic rings. The molecule has 0 rings (SSSR count). The molecule has 0 unspecified atom stereocenters. The fourth-order valence-corrected chi connectivity index (χ4v) is 3.22. The van der Waals surface area contributed by atoms with Crippen LogP contribution in [0.1, 0.15) is 117 Å². The number of unbranched alkanes of at least 4 members (excludes halogenated alkanes) is 11. The highest BCUT2D eigenvalue weighted by molar-refractivity contribution is 5.76. The third kappa shape index (κ3) is 16.9. The molecular formula is C23H47NO2. The molecule has 0 atom stereocenters. The van der Waals surface area contributed by atoms with E-state index in [0.717, 1.165) is 39.0 Å². The van der Waals surface area contributed by atoms with Crippen molar-refractivity contribution in [2.45, 2.75) is 117 Å². The minimum atomic E-state index is 0.296. The number of hydrogen-bond donors (Lipinski definition) is 0. The van der Waals surface area contributed by atoms with Crippen LogP contribution in [0.4, 0.5) is 0 Å². The van der Waals surface area contributed by atoms with Gasteiger partial charge in [-0.1, -0.05) is 91.4 Å². The van der Waals surface area contributed by atoms with E-state index >= 15 is 0 Å². The molecule has 0 spiro atoms. The van der Waals surface area contributed by atoms with Crippen LogP contribution in [0.25, 0.3) is 0 Å². The molecule has 1 amide bonds. The van der Waals surface area contributed by atoms with Crippen LogP contribution in [0, 0.1) is 0 Å². The largest absolute Gasteiger partial charge is 0.381 e. The highest BCUT2D eigenvalue weighted by atomic mass is 16.5. The van der Waals surface area contributed by atoms with Crippen LogP contribution in [0.15, 0.2) is 0 Å². The van der Waals surface area contributed by atoms with E-state index in [2.05, 4.69) is 25.7 Å². The van der Waals surface area contributed by atoms with E-state index in [-0.39, 0.29) is 0 Å². The number of ether oxygens (including phenoxy) is 1. The molecule has 0 N–H and O–H groups in total. The van der Waals surface area contributed by atoms with E-state index in [9.17, 15) is 4.79 Å². The van der Waals surface area contributed by atoms with Gasteiger partial charge in [0.2, 0.25) is 5.91 Å². The maximum atomic E-state index is 12.6. The van der Waals surface area contributed by atoms with Crippen LogP contribution in [0.2, 0.25) is 0 Å². The Kier molecular flexibility index (Phi) is 20.3. The van der Waals surface area contributed by atoms with Crippen LogP contribution in [-0.2, 0) is 9.53 Å². The van der Waals surface area contributed by atoms with Gasteiger partial charge in [-0.05, 0) is 19.3 Å². The van der Waals surface area contributed by atoms with Gasteiger partial charge in [-0.3, -0.25) is 4.79 Å². The first kappa shape index (κ1) is 25.4. The van der Waals surface area contributed by atoms with Gasteiger partial charge in [-0.15, -0.1) is 0 Å². The van der Waals surface area contributed by atoms with E-state index in [1.807, 2.05) is 0 Å². The van der Waals surface area contributed by atoms with E-state index < -0.39 is 0 Å². The van der Waals surface area contributed by atoms with Crippen molar-refractivity contribution >= 4 is 5.91 Å². The van der Waals surface area contributed by atoms with Gasteiger partial charge in [0, 0.05) is 19.7 Å². The molecule has 0 fully saturated rings. The summed E-state index contributed by atoms with van der Waals surface area (Å²) in [6, 6.07) is 0. The summed E-state index contributed by atoms with van der Waals surface area (Å²) in [5.41, 5.74) is 0. The average molecular weight is 370 g/mol. The van der Waals surface area contributed by atoms with E-state index in [4.69, 9.17) is 4.74 Å². The number of nitrogens with zero attached hydrogens (tertiary/aromatic N) is 1. The normalized spacial score (nSPS) is 11.0. The van der Waals surface area contributed by atoms with Crippen LogP contribution < -0.4 is 0 Å². The van der Waals surface area contributed by atoms with Gasteiger partial charge in [-0.25, -0.2) is 0 Å². The SMILES string of the molecule is CCCCCCCN(CCCCCCC)C(=O)CCOCCCCCC. The second kappa shape index (κ2) is 20.7. The Hall–Kier alpha value is -0.570. The Labute approximate surface area is 164 Å². The summed E-state index contributed by atoms with van der Waals surface area (Å²) in [4.78, 5) is 14.7. The Morgan fingerprint density at radius 1 is 0.615 bits per heavy atom. The van der Waals surface area contributed by atoms with Crippen molar-refractivity contribution in [3.8, 4) is 0 Å². The predicted octanol–water partition coefficient (Wildman–Crippen LogP) is 6.74. The van der Waals surface area contributed by atoms with Gasteiger partial charge in [0.25, 0.3) is 0 Å². The number of carbonyl (C=O) groups excluding carboxylic acids is 1. The zero-order valence-corrected chi connectivity index (χ0v) is 18.2. The molecule has 156 valence electrons. The van der Waals surface area contributed by atoms with Crippen molar-refractivity contribution in [3.63, 3.8) is 0 Å².